The first-order chi connectivity index (χ1) is 9.15. The maximum absolute atomic E-state index is 12.6. The summed E-state index contributed by atoms with van der Waals surface area (Å²) < 4.78 is 0. The minimum Gasteiger partial charge on any atom is -0.398 e. The highest BCUT2D eigenvalue weighted by Crippen LogP contribution is 2.25. The van der Waals surface area contributed by atoms with Crippen LogP contribution in [0.2, 0.25) is 0 Å². The van der Waals surface area contributed by atoms with Crippen molar-refractivity contribution in [3.63, 3.8) is 0 Å². The number of anilines is 1. The summed E-state index contributed by atoms with van der Waals surface area (Å²) in [6.07, 6.45) is 3.71. The van der Waals surface area contributed by atoms with Gasteiger partial charge in [-0.1, -0.05) is 6.07 Å². The Morgan fingerprint density at radius 2 is 2.32 bits per heavy atom. The van der Waals surface area contributed by atoms with Crippen LogP contribution in [0.1, 0.15) is 41.6 Å². The van der Waals surface area contributed by atoms with Crippen LogP contribution < -0.4 is 5.73 Å². The Kier molecular flexibility index (Phi) is 4.43. The lowest BCUT2D eigenvalue weighted by atomic mass is 10.0. The number of benzene rings is 1. The fraction of sp³-hybridized carbons (Fsp3) is 0.533. The third kappa shape index (κ3) is 2.89. The van der Waals surface area contributed by atoms with Gasteiger partial charge in [0, 0.05) is 30.4 Å². The number of nitrogens with two attached hydrogens (primary N) is 1. The third-order valence-electron chi connectivity index (χ3n) is 3.94. The van der Waals surface area contributed by atoms with Crippen LogP contribution in [0.15, 0.2) is 18.2 Å². The molecule has 0 spiro atoms. The number of hydrogen-bond acceptors (Lipinski definition) is 3. The smallest absolute Gasteiger partial charge is 0.254 e. The summed E-state index contributed by atoms with van der Waals surface area (Å²) in [6, 6.07) is 5.75. The Labute approximate surface area is 114 Å². The molecular formula is C15H22N2O2. The van der Waals surface area contributed by atoms with Crippen molar-refractivity contribution in [2.45, 2.75) is 38.6 Å². The molecule has 1 fully saturated rings. The van der Waals surface area contributed by atoms with Gasteiger partial charge >= 0.3 is 0 Å². The van der Waals surface area contributed by atoms with Crippen LogP contribution in [0.25, 0.3) is 0 Å². The molecule has 1 heterocycles. The first-order valence-electron chi connectivity index (χ1n) is 6.92. The summed E-state index contributed by atoms with van der Waals surface area (Å²) in [5.74, 6) is 0.0743. The Morgan fingerprint density at radius 3 is 3.05 bits per heavy atom. The zero-order valence-corrected chi connectivity index (χ0v) is 11.4. The third-order valence-corrected chi connectivity index (χ3v) is 3.94. The number of likely N-dealkylation sites (tertiary alicyclic amines) is 1. The molecule has 19 heavy (non-hydrogen) atoms. The molecule has 0 saturated carbocycles. The maximum Gasteiger partial charge on any atom is 0.254 e. The molecule has 1 atom stereocenters. The molecule has 0 aromatic heterocycles. The highest BCUT2D eigenvalue weighted by atomic mass is 16.3. The molecule has 4 nitrogen and oxygen atoms in total. The van der Waals surface area contributed by atoms with Crippen LogP contribution >= 0.6 is 0 Å². The van der Waals surface area contributed by atoms with E-state index in [0.717, 1.165) is 37.8 Å². The quantitative estimate of drug-likeness (QED) is 0.815. The highest BCUT2D eigenvalue weighted by Gasteiger charge is 2.29. The second-order valence-corrected chi connectivity index (χ2v) is 5.18. The Morgan fingerprint density at radius 1 is 1.53 bits per heavy atom. The summed E-state index contributed by atoms with van der Waals surface area (Å²) in [6.45, 7) is 2.89. The normalized spacial score (nSPS) is 18.8. The van der Waals surface area contributed by atoms with E-state index < -0.39 is 0 Å². The van der Waals surface area contributed by atoms with Crippen LogP contribution in [-0.2, 0) is 0 Å². The van der Waals surface area contributed by atoms with Crippen LogP contribution in [0.5, 0.6) is 0 Å². The lowest BCUT2D eigenvalue weighted by molar-refractivity contribution is 0.0724. The highest BCUT2D eigenvalue weighted by molar-refractivity contribution is 5.97. The number of nitrogen functional groups attached to an aromatic ring is 1. The molecule has 1 saturated heterocycles. The van der Waals surface area contributed by atoms with Gasteiger partial charge in [-0.3, -0.25) is 4.79 Å². The fourth-order valence-electron chi connectivity index (χ4n) is 2.77. The molecule has 1 amide bonds. The summed E-state index contributed by atoms with van der Waals surface area (Å²) in [5.41, 5.74) is 8.10. The minimum absolute atomic E-state index is 0.0743. The topological polar surface area (TPSA) is 66.6 Å². The molecule has 0 radical (unpaired) electrons. The van der Waals surface area contributed by atoms with Crippen molar-refractivity contribution in [3.05, 3.63) is 29.3 Å². The average Bonchev–Trinajstić information content (AvgIpc) is 2.87. The average molecular weight is 262 g/mol. The molecule has 4 heteroatoms. The molecule has 1 aliphatic rings. The summed E-state index contributed by atoms with van der Waals surface area (Å²) >= 11 is 0. The van der Waals surface area contributed by atoms with E-state index in [1.54, 1.807) is 0 Å². The Bertz CT molecular complexity index is 459. The van der Waals surface area contributed by atoms with Gasteiger partial charge in [0.15, 0.2) is 0 Å². The fourth-order valence-corrected chi connectivity index (χ4v) is 2.77. The van der Waals surface area contributed by atoms with Crippen molar-refractivity contribution < 1.29 is 9.90 Å². The number of nitrogens with zero attached hydrogens (tertiary/aromatic N) is 1. The molecule has 104 valence electrons. The van der Waals surface area contributed by atoms with Gasteiger partial charge in [-0.05, 0) is 50.3 Å². The minimum atomic E-state index is 0.0743. The lowest BCUT2D eigenvalue weighted by Gasteiger charge is -2.25. The number of aliphatic hydroxyl groups is 1. The SMILES string of the molecule is Cc1c(N)cccc1C(=O)N1CCCC1CCCO. The van der Waals surface area contributed by atoms with E-state index in [2.05, 4.69) is 0 Å². The van der Waals surface area contributed by atoms with Gasteiger partial charge in [-0.25, -0.2) is 0 Å². The van der Waals surface area contributed by atoms with Crippen molar-refractivity contribution in [3.8, 4) is 0 Å². The number of amides is 1. The largest absolute Gasteiger partial charge is 0.398 e. The van der Waals surface area contributed by atoms with Crippen molar-refractivity contribution >= 4 is 11.6 Å². The number of carbonyl (C=O) groups is 1. The first-order valence-corrected chi connectivity index (χ1v) is 6.92. The van der Waals surface area contributed by atoms with E-state index in [9.17, 15) is 4.79 Å². The molecule has 1 aliphatic heterocycles. The zero-order chi connectivity index (χ0) is 13.8. The number of aliphatic hydroxyl groups excluding tert-OH is 1. The number of hydrogen-bond donors (Lipinski definition) is 2. The van der Waals surface area contributed by atoms with Crippen LogP contribution in [0, 0.1) is 6.92 Å². The molecule has 2 rings (SSSR count). The lowest BCUT2D eigenvalue weighted by Crippen LogP contribution is -2.36. The second-order valence-electron chi connectivity index (χ2n) is 5.18. The van der Waals surface area contributed by atoms with Crippen LogP contribution in [-0.4, -0.2) is 35.1 Å². The number of carbonyl (C=O) groups excluding carboxylic acids is 1. The van der Waals surface area contributed by atoms with Crippen LogP contribution in [0.3, 0.4) is 0 Å². The zero-order valence-electron chi connectivity index (χ0n) is 11.4. The van der Waals surface area contributed by atoms with Crippen molar-refractivity contribution in [1.29, 1.82) is 0 Å². The predicted molar refractivity (Wildman–Crippen MR) is 76.0 cm³/mol. The first kappa shape index (κ1) is 13.9. The monoisotopic (exact) mass is 262 g/mol. The van der Waals surface area contributed by atoms with E-state index in [1.165, 1.54) is 0 Å². The van der Waals surface area contributed by atoms with Gasteiger partial charge in [0.05, 0.1) is 0 Å². The van der Waals surface area contributed by atoms with Crippen LogP contribution in [0.4, 0.5) is 5.69 Å². The molecule has 1 aromatic carbocycles. The van der Waals surface area contributed by atoms with E-state index in [1.807, 2.05) is 30.0 Å². The Balaban J connectivity index is 2.16. The molecule has 3 N–H and O–H groups in total. The maximum atomic E-state index is 12.6. The van der Waals surface area contributed by atoms with E-state index in [0.29, 0.717) is 11.3 Å². The van der Waals surface area contributed by atoms with Gasteiger partial charge in [-0.15, -0.1) is 0 Å². The van der Waals surface area contributed by atoms with Crippen molar-refractivity contribution in [1.82, 2.24) is 4.90 Å². The second kappa shape index (κ2) is 6.06. The number of rotatable bonds is 4. The van der Waals surface area contributed by atoms with Gasteiger partial charge in [0.25, 0.3) is 5.91 Å². The van der Waals surface area contributed by atoms with Gasteiger partial charge in [0.1, 0.15) is 0 Å². The van der Waals surface area contributed by atoms with E-state index >= 15 is 0 Å². The molecule has 0 bridgehead atoms. The van der Waals surface area contributed by atoms with E-state index in [-0.39, 0.29) is 18.6 Å². The van der Waals surface area contributed by atoms with Crippen molar-refractivity contribution in [2.24, 2.45) is 0 Å². The van der Waals surface area contributed by atoms with Gasteiger partial charge < -0.3 is 15.7 Å². The molecule has 0 aliphatic carbocycles. The summed E-state index contributed by atoms with van der Waals surface area (Å²) in [5, 5.41) is 8.93. The molecule has 1 unspecified atom stereocenters. The molecular weight excluding hydrogens is 240 g/mol. The van der Waals surface area contributed by atoms with E-state index in [4.69, 9.17) is 10.8 Å². The van der Waals surface area contributed by atoms with Gasteiger partial charge in [0.2, 0.25) is 0 Å². The summed E-state index contributed by atoms with van der Waals surface area (Å²) in [4.78, 5) is 14.5. The summed E-state index contributed by atoms with van der Waals surface area (Å²) in [7, 11) is 0. The van der Waals surface area contributed by atoms with Gasteiger partial charge in [-0.2, -0.15) is 0 Å². The van der Waals surface area contributed by atoms with Crippen molar-refractivity contribution in [2.75, 3.05) is 18.9 Å². The standard InChI is InChI=1S/C15H22N2O2/c1-11-13(7-2-8-14(11)16)15(19)17-9-3-5-12(17)6-4-10-18/h2,7-8,12,18H,3-6,9-10,16H2,1H3. The molecule has 1 aromatic rings. The Hall–Kier alpha value is -1.55. The predicted octanol–water partition coefficient (Wildman–Crippen LogP) is 1.95.